The Hall–Kier alpha value is -3.15. The summed E-state index contributed by atoms with van der Waals surface area (Å²) in [5, 5.41) is 36.2. The Morgan fingerprint density at radius 3 is 2.67 bits per heavy atom. The number of nitrogen functional groups attached to an aromatic ring is 1. The number of nitrogens with zero attached hydrogens (tertiary/aromatic N) is 3. The van der Waals surface area contributed by atoms with Crippen molar-refractivity contribution < 1.29 is 38.1 Å². The third kappa shape index (κ3) is 6.58. The summed E-state index contributed by atoms with van der Waals surface area (Å²) in [6, 6.07) is 9.03. The predicted molar refractivity (Wildman–Crippen MR) is 154 cm³/mol. The molecule has 226 valence electrons. The molecule has 0 radical (unpaired) electrons. The molecule has 1 aliphatic heterocycles. The Morgan fingerprint density at radius 1 is 1.29 bits per heavy atom. The number of para-hydroxylation sites is 1. The molecule has 1 aliphatic rings. The maximum atomic E-state index is 13.9. The zero-order chi connectivity index (χ0) is 30.5. The number of ether oxygens (including phenoxy) is 2. The fourth-order valence-corrected chi connectivity index (χ4v) is 6.96. The van der Waals surface area contributed by atoms with Gasteiger partial charge in [-0.3, -0.25) is 9.32 Å². The van der Waals surface area contributed by atoms with Crippen LogP contribution in [0.2, 0.25) is 0 Å². The van der Waals surface area contributed by atoms with E-state index >= 15 is 0 Å². The zero-order valence-electron chi connectivity index (χ0n) is 23.4. The Bertz CT molecular complexity index is 1470. The summed E-state index contributed by atoms with van der Waals surface area (Å²) in [4.78, 5) is 20.8. The van der Waals surface area contributed by atoms with Crippen molar-refractivity contribution in [1.29, 1.82) is 5.26 Å². The lowest BCUT2D eigenvalue weighted by Crippen LogP contribution is -2.40. The zero-order valence-corrected chi connectivity index (χ0v) is 25.1. The smallest absolute Gasteiger partial charge is 0.459 e. The standard InChI is InChI=1S/C27H34N5O8PS/c1-4-17(5-2)11-37-26(35)16(3)32-41(36,40-18-9-7-6-8-10-18)38-12-20-22(33)24(34)27(14-28,39-20)19-13-42-23-21(19)30-15-31-25(23)29/h6-10,13,15-17,20,22,24,33-34H,4-5,11-12H2,1-3H3,(H,32,36)(H2,29,30,31)/t16-,20+,22+,24+,27-,41-/m0/s1. The van der Waals surface area contributed by atoms with E-state index in [0.717, 1.165) is 24.2 Å². The van der Waals surface area contributed by atoms with Crippen molar-refractivity contribution in [2.45, 2.75) is 63.6 Å². The molecule has 1 aromatic carbocycles. The average molecular weight is 620 g/mol. The molecule has 0 unspecified atom stereocenters. The van der Waals surface area contributed by atoms with Gasteiger partial charge in [0.15, 0.2) is 0 Å². The second-order valence-corrected chi connectivity index (χ2v) is 12.5. The van der Waals surface area contributed by atoms with E-state index in [9.17, 15) is 24.8 Å². The van der Waals surface area contributed by atoms with Crippen LogP contribution < -0.4 is 15.3 Å². The molecule has 13 nitrogen and oxygen atoms in total. The molecule has 5 N–H and O–H groups in total. The average Bonchev–Trinajstić information content (AvgIpc) is 3.53. The normalized spacial score (nSPS) is 24.3. The van der Waals surface area contributed by atoms with E-state index in [4.69, 9.17) is 24.3 Å². The van der Waals surface area contributed by atoms with E-state index in [2.05, 4.69) is 15.1 Å². The summed E-state index contributed by atoms with van der Waals surface area (Å²) in [6.45, 7) is 5.10. The highest BCUT2D eigenvalue weighted by molar-refractivity contribution is 7.52. The van der Waals surface area contributed by atoms with Crippen LogP contribution in [0.3, 0.4) is 0 Å². The highest BCUT2D eigenvalue weighted by atomic mass is 32.1. The largest absolute Gasteiger partial charge is 0.464 e. The van der Waals surface area contributed by atoms with E-state index in [-0.39, 0.29) is 29.7 Å². The number of hydrogen-bond donors (Lipinski definition) is 4. The molecular formula is C27H34N5O8PS. The maximum Gasteiger partial charge on any atom is 0.459 e. The molecule has 0 bridgehead atoms. The number of fused-ring (bicyclic) bond motifs is 1. The summed E-state index contributed by atoms with van der Waals surface area (Å²) in [7, 11) is -4.31. The second-order valence-electron chi connectivity index (χ2n) is 9.89. The molecule has 0 spiro atoms. The van der Waals surface area contributed by atoms with Gasteiger partial charge in [0.25, 0.3) is 0 Å². The number of hydrogen-bond acceptors (Lipinski definition) is 13. The predicted octanol–water partition coefficient (Wildman–Crippen LogP) is 3.27. The third-order valence-corrected chi connectivity index (χ3v) is 9.74. The van der Waals surface area contributed by atoms with Gasteiger partial charge in [-0.15, -0.1) is 11.3 Å². The number of rotatable bonds is 13. The molecule has 4 rings (SSSR count). The number of aromatic nitrogens is 2. The van der Waals surface area contributed by atoms with E-state index < -0.39 is 50.3 Å². The van der Waals surface area contributed by atoms with Gasteiger partial charge < -0.3 is 29.9 Å². The minimum Gasteiger partial charge on any atom is -0.464 e. The number of thiophene rings is 1. The van der Waals surface area contributed by atoms with Gasteiger partial charge in [0.05, 0.1) is 23.4 Å². The number of anilines is 1. The number of nitrogens with two attached hydrogens (primary N) is 1. The number of nitriles is 1. The van der Waals surface area contributed by atoms with E-state index in [1.54, 1.807) is 35.7 Å². The number of nitrogens with one attached hydrogen (secondary N) is 1. The molecule has 0 amide bonds. The topological polar surface area (TPSA) is 199 Å². The molecule has 2 aromatic heterocycles. The Kier molecular flexibility index (Phi) is 10.2. The molecule has 15 heteroatoms. The fourth-order valence-electron chi connectivity index (χ4n) is 4.48. The Balaban J connectivity index is 1.53. The van der Waals surface area contributed by atoms with E-state index in [1.807, 2.05) is 19.9 Å². The minimum absolute atomic E-state index is 0.187. The summed E-state index contributed by atoms with van der Waals surface area (Å²) >= 11 is 1.16. The van der Waals surface area contributed by atoms with E-state index in [0.29, 0.717) is 10.2 Å². The molecule has 6 atom stereocenters. The maximum absolute atomic E-state index is 13.9. The van der Waals surface area contributed by atoms with Crippen LogP contribution in [-0.4, -0.2) is 63.7 Å². The van der Waals surface area contributed by atoms with Crippen molar-refractivity contribution >= 4 is 41.1 Å². The highest BCUT2D eigenvalue weighted by Crippen LogP contribution is 2.48. The van der Waals surface area contributed by atoms with Crippen LogP contribution in [-0.2, 0) is 29.0 Å². The van der Waals surface area contributed by atoms with Crippen LogP contribution >= 0.6 is 19.1 Å². The van der Waals surface area contributed by atoms with Gasteiger partial charge in [0.2, 0.25) is 5.60 Å². The first-order valence-corrected chi connectivity index (χ1v) is 15.9. The Labute approximate surface area is 247 Å². The van der Waals surface area contributed by atoms with Crippen molar-refractivity contribution in [2.75, 3.05) is 18.9 Å². The summed E-state index contributed by atoms with van der Waals surface area (Å²) < 4.78 is 37.0. The lowest BCUT2D eigenvalue weighted by Gasteiger charge is -2.25. The first-order valence-electron chi connectivity index (χ1n) is 13.4. The molecular weight excluding hydrogens is 585 g/mol. The van der Waals surface area contributed by atoms with Crippen molar-refractivity contribution in [3.8, 4) is 11.8 Å². The molecule has 0 saturated carbocycles. The van der Waals surface area contributed by atoms with Gasteiger partial charge in [0, 0.05) is 10.9 Å². The van der Waals surface area contributed by atoms with E-state index in [1.165, 1.54) is 13.3 Å². The lowest BCUT2D eigenvalue weighted by molar-refractivity contribution is -0.146. The molecule has 42 heavy (non-hydrogen) atoms. The minimum atomic E-state index is -4.31. The molecule has 1 fully saturated rings. The van der Waals surface area contributed by atoms with Crippen LogP contribution in [0, 0.1) is 17.2 Å². The van der Waals surface area contributed by atoms with Gasteiger partial charge in [-0.2, -0.15) is 10.3 Å². The fraction of sp³-hybridized carbons (Fsp3) is 0.481. The van der Waals surface area contributed by atoms with Crippen molar-refractivity contribution in [3.63, 3.8) is 0 Å². The van der Waals surface area contributed by atoms with Crippen LogP contribution in [0.15, 0.2) is 42.0 Å². The third-order valence-electron chi connectivity index (χ3n) is 7.10. The first kappa shape index (κ1) is 31.8. The Morgan fingerprint density at radius 2 is 2.00 bits per heavy atom. The van der Waals surface area contributed by atoms with Gasteiger partial charge in [-0.1, -0.05) is 44.9 Å². The number of carbonyl (C=O) groups excluding carboxylic acids is 1. The SMILES string of the molecule is CCC(CC)COC(=O)[C@H](C)N[P@](=O)(OC[C@H]1O[C@@](C#N)(c2csc3c(N)ncnc23)[C@H](O)[C@@H]1O)Oc1ccccc1. The molecule has 3 heterocycles. The van der Waals surface area contributed by atoms with Crippen molar-refractivity contribution in [2.24, 2.45) is 5.92 Å². The summed E-state index contributed by atoms with van der Waals surface area (Å²) in [5.74, 6) is -0.0768. The number of benzene rings is 1. The number of carbonyl (C=O) groups is 1. The van der Waals surface area contributed by atoms with Gasteiger partial charge in [-0.05, 0) is 25.0 Å². The van der Waals surface area contributed by atoms with Crippen molar-refractivity contribution in [1.82, 2.24) is 15.1 Å². The monoisotopic (exact) mass is 619 g/mol. The highest BCUT2D eigenvalue weighted by Gasteiger charge is 2.57. The summed E-state index contributed by atoms with van der Waals surface area (Å²) in [6.07, 6.45) is -1.76. The van der Waals surface area contributed by atoms with Crippen molar-refractivity contribution in [3.05, 3.63) is 47.6 Å². The molecule has 0 aliphatic carbocycles. The number of aliphatic hydroxyl groups is 2. The van der Waals surface area contributed by atoms with Gasteiger partial charge >= 0.3 is 13.7 Å². The van der Waals surface area contributed by atoms with Crippen LogP contribution in [0.1, 0.15) is 39.2 Å². The number of esters is 1. The van der Waals surface area contributed by atoms with Crippen LogP contribution in [0.25, 0.3) is 10.2 Å². The first-order chi connectivity index (χ1) is 20.1. The van der Waals surface area contributed by atoms with Crippen LogP contribution in [0.5, 0.6) is 5.75 Å². The van der Waals surface area contributed by atoms with Gasteiger partial charge in [-0.25, -0.2) is 14.5 Å². The molecule has 3 aromatic rings. The quantitative estimate of drug-likeness (QED) is 0.161. The van der Waals surface area contributed by atoms with Crippen LogP contribution in [0.4, 0.5) is 5.82 Å². The number of aliphatic hydroxyl groups excluding tert-OH is 2. The second kappa shape index (κ2) is 13.4. The summed E-state index contributed by atoms with van der Waals surface area (Å²) in [5.41, 5.74) is 4.39. The van der Waals surface area contributed by atoms with Gasteiger partial charge in [0.1, 0.15) is 48.3 Å². The molecule has 1 saturated heterocycles. The lowest BCUT2D eigenvalue weighted by atomic mass is 9.89.